The molecule has 0 aliphatic heterocycles. The summed E-state index contributed by atoms with van der Waals surface area (Å²) in [6, 6.07) is 6.20. The molecule has 0 spiro atoms. The Labute approximate surface area is 109 Å². The van der Waals surface area contributed by atoms with Crippen LogP contribution in [-0.4, -0.2) is 19.8 Å². The first-order chi connectivity index (χ1) is 8.83. The fraction of sp³-hybridized carbons (Fsp3) is 0.600. The maximum atomic E-state index is 6.01. The molecule has 1 aliphatic carbocycles. The zero-order valence-electron chi connectivity index (χ0n) is 11.4. The lowest BCUT2D eigenvalue weighted by Gasteiger charge is -2.16. The predicted octanol–water partition coefficient (Wildman–Crippen LogP) is 3.13. The summed E-state index contributed by atoms with van der Waals surface area (Å²) in [5.74, 6) is 1.72. The van der Waals surface area contributed by atoms with Crippen molar-refractivity contribution in [1.29, 1.82) is 0 Å². The molecule has 1 saturated carbocycles. The summed E-state index contributed by atoms with van der Waals surface area (Å²) in [4.78, 5) is 0. The van der Waals surface area contributed by atoms with Crippen molar-refractivity contribution >= 4 is 0 Å². The highest BCUT2D eigenvalue weighted by Gasteiger charge is 2.18. The normalized spacial score (nSPS) is 15.9. The number of hydrogen-bond acceptors (Lipinski definition) is 3. The van der Waals surface area contributed by atoms with E-state index in [2.05, 4.69) is 24.4 Å². The Kier molecular flexibility index (Phi) is 4.88. The predicted molar refractivity (Wildman–Crippen MR) is 73.3 cm³/mol. The van der Waals surface area contributed by atoms with E-state index in [0.717, 1.165) is 24.6 Å². The topological polar surface area (TPSA) is 30.5 Å². The number of benzene rings is 1. The van der Waals surface area contributed by atoms with E-state index >= 15 is 0 Å². The van der Waals surface area contributed by atoms with E-state index in [1.807, 2.05) is 6.07 Å². The number of hydrogen-bond donors (Lipinski definition) is 1. The van der Waals surface area contributed by atoms with Gasteiger partial charge in [0, 0.05) is 6.54 Å². The van der Waals surface area contributed by atoms with E-state index in [1.54, 1.807) is 7.11 Å². The van der Waals surface area contributed by atoms with Gasteiger partial charge in [-0.25, -0.2) is 0 Å². The van der Waals surface area contributed by atoms with E-state index in [-0.39, 0.29) is 0 Å². The average Bonchev–Trinajstić information content (AvgIpc) is 2.90. The number of nitrogens with one attached hydrogen (secondary N) is 1. The molecule has 1 aliphatic rings. The second kappa shape index (κ2) is 6.64. The second-order valence-corrected chi connectivity index (χ2v) is 4.79. The van der Waals surface area contributed by atoms with Crippen molar-refractivity contribution in [2.24, 2.45) is 0 Å². The molecule has 0 heterocycles. The summed E-state index contributed by atoms with van der Waals surface area (Å²) >= 11 is 0. The van der Waals surface area contributed by atoms with Crippen molar-refractivity contribution in [2.45, 2.75) is 45.3 Å². The van der Waals surface area contributed by atoms with Crippen LogP contribution in [0.15, 0.2) is 18.2 Å². The minimum absolute atomic E-state index is 0.374. The first-order valence-corrected chi connectivity index (χ1v) is 6.87. The molecule has 1 fully saturated rings. The summed E-state index contributed by atoms with van der Waals surface area (Å²) in [5, 5.41) is 3.31. The van der Waals surface area contributed by atoms with Crippen molar-refractivity contribution in [3.63, 3.8) is 0 Å². The third-order valence-electron chi connectivity index (χ3n) is 3.40. The molecule has 0 unspecified atom stereocenters. The van der Waals surface area contributed by atoms with E-state index < -0.39 is 0 Å². The van der Waals surface area contributed by atoms with Gasteiger partial charge in [0.25, 0.3) is 0 Å². The zero-order valence-corrected chi connectivity index (χ0v) is 11.4. The highest BCUT2D eigenvalue weighted by Crippen LogP contribution is 2.32. The lowest BCUT2D eigenvalue weighted by atomic mass is 10.2. The molecule has 18 heavy (non-hydrogen) atoms. The summed E-state index contributed by atoms with van der Waals surface area (Å²) in [6.07, 6.45) is 5.28. The molecule has 1 aromatic carbocycles. The average molecular weight is 249 g/mol. The maximum Gasteiger partial charge on any atom is 0.161 e. The lowest BCUT2D eigenvalue weighted by molar-refractivity contribution is 0.200. The van der Waals surface area contributed by atoms with Crippen LogP contribution in [0.25, 0.3) is 0 Å². The molecule has 0 saturated heterocycles. The van der Waals surface area contributed by atoms with Crippen molar-refractivity contribution in [2.75, 3.05) is 13.7 Å². The molecular weight excluding hydrogens is 226 g/mol. The fourth-order valence-corrected chi connectivity index (χ4v) is 2.37. The van der Waals surface area contributed by atoms with Gasteiger partial charge in [0.2, 0.25) is 0 Å². The van der Waals surface area contributed by atoms with Gasteiger partial charge in [0.05, 0.1) is 13.2 Å². The summed E-state index contributed by atoms with van der Waals surface area (Å²) < 4.78 is 11.4. The van der Waals surface area contributed by atoms with Crippen LogP contribution in [0, 0.1) is 0 Å². The van der Waals surface area contributed by atoms with Gasteiger partial charge in [0.15, 0.2) is 11.5 Å². The van der Waals surface area contributed by atoms with Crippen LogP contribution in [0.2, 0.25) is 0 Å². The number of rotatable bonds is 6. The largest absolute Gasteiger partial charge is 0.493 e. The molecule has 0 bridgehead atoms. The van der Waals surface area contributed by atoms with E-state index in [9.17, 15) is 0 Å². The molecule has 0 atom stereocenters. The van der Waals surface area contributed by atoms with Crippen molar-refractivity contribution in [3.05, 3.63) is 23.8 Å². The van der Waals surface area contributed by atoms with Crippen LogP contribution in [0.4, 0.5) is 0 Å². The van der Waals surface area contributed by atoms with Crippen LogP contribution < -0.4 is 14.8 Å². The van der Waals surface area contributed by atoms with E-state index in [1.165, 1.54) is 31.2 Å². The number of methoxy groups -OCH3 is 1. The maximum absolute atomic E-state index is 6.01. The van der Waals surface area contributed by atoms with Gasteiger partial charge >= 0.3 is 0 Å². The van der Waals surface area contributed by atoms with E-state index in [4.69, 9.17) is 9.47 Å². The third kappa shape index (κ3) is 3.39. The Hall–Kier alpha value is -1.22. The Bertz CT molecular complexity index is 373. The third-order valence-corrected chi connectivity index (χ3v) is 3.40. The molecule has 100 valence electrons. The Morgan fingerprint density at radius 3 is 2.67 bits per heavy atom. The summed E-state index contributed by atoms with van der Waals surface area (Å²) in [7, 11) is 1.70. The molecule has 0 amide bonds. The van der Waals surface area contributed by atoms with Crippen molar-refractivity contribution in [3.8, 4) is 11.5 Å². The van der Waals surface area contributed by atoms with Crippen LogP contribution in [0.5, 0.6) is 11.5 Å². The molecule has 0 aromatic heterocycles. The highest BCUT2D eigenvalue weighted by atomic mass is 16.5. The smallest absolute Gasteiger partial charge is 0.161 e. The SMILES string of the molecule is CCNCc1ccc(OC2CCCC2)c(OC)c1. The van der Waals surface area contributed by atoms with Gasteiger partial charge in [-0.3, -0.25) is 0 Å². The van der Waals surface area contributed by atoms with E-state index in [0.29, 0.717) is 6.10 Å². The standard InChI is InChI=1S/C15H23NO2/c1-3-16-11-12-8-9-14(15(10-12)17-2)18-13-6-4-5-7-13/h8-10,13,16H,3-7,11H2,1-2H3. The van der Waals surface area contributed by atoms with Gasteiger partial charge in [-0.05, 0) is 49.9 Å². The first-order valence-electron chi connectivity index (χ1n) is 6.87. The molecular formula is C15H23NO2. The molecule has 1 aromatic rings. The zero-order chi connectivity index (χ0) is 12.8. The highest BCUT2D eigenvalue weighted by molar-refractivity contribution is 5.43. The minimum Gasteiger partial charge on any atom is -0.493 e. The molecule has 1 N–H and O–H groups in total. The van der Waals surface area contributed by atoms with Crippen LogP contribution in [-0.2, 0) is 6.54 Å². The van der Waals surface area contributed by atoms with Crippen LogP contribution >= 0.6 is 0 Å². The van der Waals surface area contributed by atoms with Crippen molar-refractivity contribution in [1.82, 2.24) is 5.32 Å². The molecule has 0 radical (unpaired) electrons. The number of ether oxygens (including phenoxy) is 2. The van der Waals surface area contributed by atoms with Gasteiger partial charge in [-0.1, -0.05) is 13.0 Å². The quantitative estimate of drug-likeness (QED) is 0.840. The van der Waals surface area contributed by atoms with Crippen molar-refractivity contribution < 1.29 is 9.47 Å². The fourth-order valence-electron chi connectivity index (χ4n) is 2.37. The Morgan fingerprint density at radius 1 is 1.22 bits per heavy atom. The monoisotopic (exact) mass is 249 g/mol. The van der Waals surface area contributed by atoms with Crippen LogP contribution in [0.1, 0.15) is 38.2 Å². The van der Waals surface area contributed by atoms with Gasteiger partial charge in [-0.15, -0.1) is 0 Å². The lowest BCUT2D eigenvalue weighted by Crippen LogP contribution is -2.13. The van der Waals surface area contributed by atoms with Gasteiger partial charge in [-0.2, -0.15) is 0 Å². The molecule has 2 rings (SSSR count). The summed E-state index contributed by atoms with van der Waals surface area (Å²) in [6.45, 7) is 3.95. The molecule has 3 nitrogen and oxygen atoms in total. The van der Waals surface area contributed by atoms with Crippen LogP contribution in [0.3, 0.4) is 0 Å². The second-order valence-electron chi connectivity index (χ2n) is 4.79. The first kappa shape index (κ1) is 13.2. The Balaban J connectivity index is 2.04. The Morgan fingerprint density at radius 2 is 2.00 bits per heavy atom. The minimum atomic E-state index is 0.374. The van der Waals surface area contributed by atoms with Gasteiger partial charge in [0.1, 0.15) is 0 Å². The molecule has 3 heteroatoms. The summed E-state index contributed by atoms with van der Waals surface area (Å²) in [5.41, 5.74) is 1.23. The van der Waals surface area contributed by atoms with Gasteiger partial charge < -0.3 is 14.8 Å².